The Morgan fingerprint density at radius 1 is 0.914 bits per heavy atom. The largest absolute Gasteiger partial charge is 0.327 e. The maximum Gasteiger partial charge on any atom is 0.255 e. The number of rotatable bonds is 7. The Hall–Kier alpha value is -3.19. The van der Waals surface area contributed by atoms with Crippen LogP contribution in [0.4, 0.5) is 5.69 Å². The number of anilines is 1. The molecule has 5 rings (SSSR count). The van der Waals surface area contributed by atoms with Gasteiger partial charge in [-0.15, -0.1) is 0 Å². The minimum Gasteiger partial charge on any atom is -0.327 e. The second-order valence-corrected chi connectivity index (χ2v) is 9.41. The minimum absolute atomic E-state index is 0.162. The number of halogens is 1. The number of imidazole rings is 1. The number of nitrogens with zero attached hydrogens (tertiary/aromatic N) is 4. The third-order valence-corrected chi connectivity index (χ3v) is 6.84. The highest BCUT2D eigenvalue weighted by Gasteiger charge is 2.20. The molecule has 4 aromatic rings. The van der Waals surface area contributed by atoms with Gasteiger partial charge < -0.3 is 9.88 Å². The first-order chi connectivity index (χ1) is 17.1. The summed E-state index contributed by atoms with van der Waals surface area (Å²) in [6.07, 6.45) is 0. The lowest BCUT2D eigenvalue weighted by Gasteiger charge is -2.34. The molecule has 180 valence electrons. The van der Waals surface area contributed by atoms with Crippen LogP contribution in [0.25, 0.3) is 11.0 Å². The van der Waals surface area contributed by atoms with Crippen molar-refractivity contribution < 1.29 is 4.79 Å². The van der Waals surface area contributed by atoms with Gasteiger partial charge in [-0.2, -0.15) is 0 Å². The monoisotopic (exact) mass is 487 g/mol. The van der Waals surface area contributed by atoms with Crippen LogP contribution in [0.5, 0.6) is 0 Å². The average Bonchev–Trinajstić information content (AvgIpc) is 3.22. The second-order valence-electron chi connectivity index (χ2n) is 8.97. The fourth-order valence-electron chi connectivity index (χ4n) is 4.68. The molecule has 1 N–H and O–H groups in total. The van der Waals surface area contributed by atoms with Crippen LogP contribution in [-0.4, -0.2) is 51.4 Å². The molecule has 1 fully saturated rings. The maximum absolute atomic E-state index is 12.6. The van der Waals surface area contributed by atoms with Gasteiger partial charge in [0.1, 0.15) is 5.82 Å². The number of fused-ring (bicyclic) bond motifs is 1. The van der Waals surface area contributed by atoms with Crippen molar-refractivity contribution in [3.05, 3.63) is 94.8 Å². The Balaban J connectivity index is 1.25. The number of aromatic nitrogens is 2. The smallest absolute Gasteiger partial charge is 0.255 e. The van der Waals surface area contributed by atoms with E-state index < -0.39 is 0 Å². The molecule has 1 aliphatic heterocycles. The molecule has 0 atom stereocenters. The molecule has 0 saturated carbocycles. The molecule has 0 unspecified atom stereocenters. The second kappa shape index (κ2) is 10.6. The minimum atomic E-state index is -0.162. The van der Waals surface area contributed by atoms with Gasteiger partial charge >= 0.3 is 0 Å². The Labute approximate surface area is 211 Å². The summed E-state index contributed by atoms with van der Waals surface area (Å²) in [5.74, 6) is 0.907. The first-order valence-corrected chi connectivity index (χ1v) is 12.5. The summed E-state index contributed by atoms with van der Waals surface area (Å²) in [5.41, 5.74) is 4.67. The molecule has 0 spiro atoms. The molecule has 0 radical (unpaired) electrons. The predicted molar refractivity (Wildman–Crippen MR) is 142 cm³/mol. The number of amides is 1. The average molecular weight is 488 g/mol. The van der Waals surface area contributed by atoms with Crippen molar-refractivity contribution in [1.29, 1.82) is 0 Å². The molecule has 1 aromatic heterocycles. The lowest BCUT2D eigenvalue weighted by molar-refractivity contribution is 0.102. The van der Waals surface area contributed by atoms with Gasteiger partial charge in [-0.25, -0.2) is 4.98 Å². The summed E-state index contributed by atoms with van der Waals surface area (Å²) in [4.78, 5) is 22.6. The van der Waals surface area contributed by atoms with E-state index in [1.165, 1.54) is 5.56 Å². The van der Waals surface area contributed by atoms with Crippen LogP contribution in [0.2, 0.25) is 5.02 Å². The van der Waals surface area contributed by atoms with E-state index in [1.54, 1.807) is 24.3 Å². The molecular weight excluding hydrogens is 458 g/mol. The summed E-state index contributed by atoms with van der Waals surface area (Å²) in [5, 5.41) is 3.58. The van der Waals surface area contributed by atoms with E-state index in [-0.39, 0.29) is 5.91 Å². The predicted octanol–water partition coefficient (Wildman–Crippen LogP) is 5.28. The third kappa shape index (κ3) is 5.56. The number of benzene rings is 3. The van der Waals surface area contributed by atoms with Crippen molar-refractivity contribution in [2.75, 3.05) is 31.5 Å². The normalized spacial score (nSPS) is 14.9. The van der Waals surface area contributed by atoms with Gasteiger partial charge in [-0.05, 0) is 55.0 Å². The number of carbonyl (C=O) groups excluding carboxylic acids is 1. The van der Waals surface area contributed by atoms with Crippen molar-refractivity contribution in [2.45, 2.75) is 26.6 Å². The molecule has 1 aliphatic rings. The zero-order chi connectivity index (χ0) is 24.2. The van der Waals surface area contributed by atoms with Gasteiger partial charge in [0.05, 0.1) is 17.6 Å². The van der Waals surface area contributed by atoms with Crippen molar-refractivity contribution in [3.8, 4) is 0 Å². The fourth-order valence-corrected chi connectivity index (χ4v) is 4.81. The highest BCUT2D eigenvalue weighted by atomic mass is 35.5. The molecule has 7 heteroatoms. The number of hydrogen-bond acceptors (Lipinski definition) is 4. The van der Waals surface area contributed by atoms with Gasteiger partial charge in [0.15, 0.2) is 0 Å². The van der Waals surface area contributed by atoms with Gasteiger partial charge in [0.2, 0.25) is 0 Å². The lowest BCUT2D eigenvalue weighted by Crippen LogP contribution is -2.45. The molecule has 1 saturated heterocycles. The van der Waals surface area contributed by atoms with Crippen molar-refractivity contribution in [3.63, 3.8) is 0 Å². The summed E-state index contributed by atoms with van der Waals surface area (Å²) >= 11 is 5.93. The quantitative estimate of drug-likeness (QED) is 0.385. The van der Waals surface area contributed by atoms with Gasteiger partial charge in [-0.3, -0.25) is 14.6 Å². The standard InChI is InChI=1S/C28H30ClN5O/c1-2-34-26-13-12-24(30-28(35)22-8-10-23(29)11-9-22)18-25(26)31-27(34)20-33-16-14-32(15-17-33)19-21-6-4-3-5-7-21/h3-13,18H,2,14-17,19-20H2,1H3,(H,30,35). The summed E-state index contributed by atoms with van der Waals surface area (Å²) in [6.45, 7) is 9.02. The third-order valence-electron chi connectivity index (χ3n) is 6.59. The molecular formula is C28H30ClN5O. The van der Waals surface area contributed by atoms with Crippen LogP contribution >= 0.6 is 11.6 Å². The molecule has 6 nitrogen and oxygen atoms in total. The zero-order valence-corrected chi connectivity index (χ0v) is 20.7. The van der Waals surface area contributed by atoms with Gasteiger partial charge in [0.25, 0.3) is 5.91 Å². The number of nitrogens with one attached hydrogen (secondary N) is 1. The van der Waals surface area contributed by atoms with Crippen LogP contribution in [0.3, 0.4) is 0 Å². The topological polar surface area (TPSA) is 53.4 Å². The van der Waals surface area contributed by atoms with Crippen molar-refractivity contribution in [1.82, 2.24) is 19.4 Å². The zero-order valence-electron chi connectivity index (χ0n) is 20.0. The number of carbonyl (C=O) groups is 1. The van der Waals surface area contributed by atoms with E-state index in [2.05, 4.69) is 56.9 Å². The molecule has 0 bridgehead atoms. The lowest BCUT2D eigenvalue weighted by atomic mass is 10.2. The van der Waals surface area contributed by atoms with Crippen molar-refractivity contribution >= 4 is 34.2 Å². The molecule has 1 amide bonds. The Morgan fingerprint density at radius 3 is 2.29 bits per heavy atom. The summed E-state index contributed by atoms with van der Waals surface area (Å²) in [7, 11) is 0. The Kier molecular flexibility index (Phi) is 7.13. The highest BCUT2D eigenvalue weighted by molar-refractivity contribution is 6.30. The van der Waals surface area contributed by atoms with E-state index >= 15 is 0 Å². The Morgan fingerprint density at radius 2 is 1.60 bits per heavy atom. The fraction of sp³-hybridized carbons (Fsp3) is 0.286. The summed E-state index contributed by atoms with van der Waals surface area (Å²) in [6, 6.07) is 23.5. The van der Waals surface area contributed by atoms with Gasteiger partial charge in [0, 0.05) is 55.5 Å². The van der Waals surface area contributed by atoms with Crippen LogP contribution in [0.15, 0.2) is 72.8 Å². The Bertz CT molecular complexity index is 1290. The molecule has 3 aromatic carbocycles. The van der Waals surface area contributed by atoms with Crippen LogP contribution in [0.1, 0.15) is 28.7 Å². The van der Waals surface area contributed by atoms with E-state index in [1.807, 2.05) is 18.2 Å². The molecule has 0 aliphatic carbocycles. The first kappa shape index (κ1) is 23.5. The maximum atomic E-state index is 12.6. The van der Waals surface area contributed by atoms with Crippen LogP contribution in [-0.2, 0) is 19.6 Å². The van der Waals surface area contributed by atoms with E-state index in [9.17, 15) is 4.79 Å². The molecule has 2 heterocycles. The van der Waals surface area contributed by atoms with E-state index in [0.29, 0.717) is 10.6 Å². The van der Waals surface area contributed by atoms with E-state index in [0.717, 1.165) is 68.4 Å². The number of piperazine rings is 1. The SMILES string of the molecule is CCn1c(CN2CCN(Cc3ccccc3)CC2)nc2cc(NC(=O)c3ccc(Cl)cc3)ccc21. The van der Waals surface area contributed by atoms with E-state index in [4.69, 9.17) is 16.6 Å². The number of aryl methyl sites for hydroxylation is 1. The first-order valence-electron chi connectivity index (χ1n) is 12.1. The summed E-state index contributed by atoms with van der Waals surface area (Å²) < 4.78 is 2.27. The van der Waals surface area contributed by atoms with Crippen molar-refractivity contribution in [2.24, 2.45) is 0 Å². The van der Waals surface area contributed by atoms with Crippen LogP contribution in [0, 0.1) is 0 Å². The van der Waals surface area contributed by atoms with Gasteiger partial charge in [-0.1, -0.05) is 41.9 Å². The highest BCUT2D eigenvalue weighted by Crippen LogP contribution is 2.23. The molecule has 35 heavy (non-hydrogen) atoms. The number of hydrogen-bond donors (Lipinski definition) is 1. The van der Waals surface area contributed by atoms with Crippen LogP contribution < -0.4 is 5.32 Å².